The average molecular weight is 273 g/mol. The van der Waals surface area contributed by atoms with Gasteiger partial charge in [0, 0.05) is 23.0 Å². The van der Waals surface area contributed by atoms with Crippen molar-refractivity contribution in [2.24, 2.45) is 0 Å². The summed E-state index contributed by atoms with van der Waals surface area (Å²) in [5.41, 5.74) is 4.36. The normalized spacial score (nSPS) is 10.3. The van der Waals surface area contributed by atoms with E-state index in [2.05, 4.69) is 17.1 Å². The Labute approximate surface area is 124 Å². The van der Waals surface area contributed by atoms with Crippen LogP contribution in [0.1, 0.15) is 21.6 Å². The van der Waals surface area contributed by atoms with E-state index in [0.717, 1.165) is 16.8 Å². The predicted molar refractivity (Wildman–Crippen MR) is 84.3 cm³/mol. The van der Waals surface area contributed by atoms with Crippen LogP contribution in [0.2, 0.25) is 0 Å². The number of hydrogen-bond acceptors (Lipinski definition) is 2. The van der Waals surface area contributed by atoms with Crippen LogP contribution in [-0.2, 0) is 0 Å². The van der Waals surface area contributed by atoms with Gasteiger partial charge in [0.25, 0.3) is 0 Å². The van der Waals surface area contributed by atoms with Crippen molar-refractivity contribution in [2.45, 2.75) is 6.92 Å². The monoisotopic (exact) mass is 273 g/mol. The Balaban J connectivity index is 1.91. The SMILES string of the molecule is Cc1ncccc1C(=O)c1ccc(-c2ccccc2)cc1. The van der Waals surface area contributed by atoms with Crippen molar-refractivity contribution in [1.29, 1.82) is 0 Å². The summed E-state index contributed by atoms with van der Waals surface area (Å²) < 4.78 is 0. The van der Waals surface area contributed by atoms with E-state index in [1.165, 1.54) is 0 Å². The van der Waals surface area contributed by atoms with E-state index < -0.39 is 0 Å². The first kappa shape index (κ1) is 13.3. The molecule has 0 saturated carbocycles. The molecule has 0 fully saturated rings. The largest absolute Gasteiger partial charge is 0.289 e. The number of carbonyl (C=O) groups is 1. The quantitative estimate of drug-likeness (QED) is 0.666. The molecule has 0 spiro atoms. The Hall–Kier alpha value is -2.74. The fourth-order valence-electron chi connectivity index (χ4n) is 2.32. The van der Waals surface area contributed by atoms with Crippen molar-refractivity contribution >= 4 is 5.78 Å². The van der Waals surface area contributed by atoms with Gasteiger partial charge in [-0.1, -0.05) is 54.6 Å². The summed E-state index contributed by atoms with van der Waals surface area (Å²) in [7, 11) is 0. The van der Waals surface area contributed by atoms with Crippen LogP contribution >= 0.6 is 0 Å². The fraction of sp³-hybridized carbons (Fsp3) is 0.0526. The summed E-state index contributed by atoms with van der Waals surface area (Å²) in [5, 5.41) is 0. The highest BCUT2D eigenvalue weighted by Gasteiger charge is 2.11. The third-order valence-corrected chi connectivity index (χ3v) is 3.51. The van der Waals surface area contributed by atoms with Gasteiger partial charge in [-0.15, -0.1) is 0 Å². The number of nitrogens with zero attached hydrogens (tertiary/aromatic N) is 1. The first-order chi connectivity index (χ1) is 10.3. The molecule has 0 radical (unpaired) electrons. The van der Waals surface area contributed by atoms with E-state index in [1.54, 1.807) is 12.3 Å². The van der Waals surface area contributed by atoms with Crippen LogP contribution in [0.15, 0.2) is 72.9 Å². The maximum absolute atomic E-state index is 12.5. The number of aromatic nitrogens is 1. The molecule has 3 aromatic rings. The minimum atomic E-state index is 0.0141. The van der Waals surface area contributed by atoms with Crippen molar-refractivity contribution in [2.75, 3.05) is 0 Å². The maximum Gasteiger partial charge on any atom is 0.194 e. The molecule has 0 aliphatic carbocycles. The van der Waals surface area contributed by atoms with E-state index in [-0.39, 0.29) is 5.78 Å². The molecule has 0 atom stereocenters. The molecule has 0 unspecified atom stereocenters. The number of benzene rings is 2. The number of ketones is 1. The molecular formula is C19H15NO. The maximum atomic E-state index is 12.5. The highest BCUT2D eigenvalue weighted by Crippen LogP contribution is 2.20. The Bertz CT molecular complexity index is 761. The van der Waals surface area contributed by atoms with Gasteiger partial charge < -0.3 is 0 Å². The molecular weight excluding hydrogens is 258 g/mol. The molecule has 0 N–H and O–H groups in total. The smallest absolute Gasteiger partial charge is 0.194 e. The van der Waals surface area contributed by atoms with Gasteiger partial charge in [-0.05, 0) is 30.2 Å². The Morgan fingerprint density at radius 1 is 0.810 bits per heavy atom. The lowest BCUT2D eigenvalue weighted by Crippen LogP contribution is -2.04. The predicted octanol–water partition coefficient (Wildman–Crippen LogP) is 4.29. The zero-order valence-corrected chi connectivity index (χ0v) is 11.8. The van der Waals surface area contributed by atoms with E-state index in [0.29, 0.717) is 11.1 Å². The molecule has 21 heavy (non-hydrogen) atoms. The van der Waals surface area contributed by atoms with Gasteiger partial charge in [-0.3, -0.25) is 9.78 Å². The second-order valence-corrected chi connectivity index (χ2v) is 4.91. The molecule has 0 amide bonds. The molecule has 0 aliphatic rings. The number of carbonyl (C=O) groups excluding carboxylic acids is 1. The third kappa shape index (κ3) is 2.75. The second-order valence-electron chi connectivity index (χ2n) is 4.91. The minimum Gasteiger partial charge on any atom is -0.289 e. The average Bonchev–Trinajstić information content (AvgIpc) is 2.56. The van der Waals surface area contributed by atoms with Gasteiger partial charge in [-0.2, -0.15) is 0 Å². The van der Waals surface area contributed by atoms with Crippen molar-refractivity contribution in [3.63, 3.8) is 0 Å². The third-order valence-electron chi connectivity index (χ3n) is 3.51. The zero-order valence-electron chi connectivity index (χ0n) is 11.8. The molecule has 0 aliphatic heterocycles. The molecule has 2 nitrogen and oxygen atoms in total. The van der Waals surface area contributed by atoms with Gasteiger partial charge >= 0.3 is 0 Å². The minimum absolute atomic E-state index is 0.0141. The van der Waals surface area contributed by atoms with Crippen LogP contribution in [-0.4, -0.2) is 10.8 Å². The summed E-state index contributed by atoms with van der Waals surface area (Å²) in [6.07, 6.45) is 1.70. The second kappa shape index (κ2) is 5.71. The summed E-state index contributed by atoms with van der Waals surface area (Å²) in [6, 6.07) is 21.4. The van der Waals surface area contributed by atoms with Crippen LogP contribution < -0.4 is 0 Å². The van der Waals surface area contributed by atoms with Crippen LogP contribution in [0.4, 0.5) is 0 Å². The molecule has 0 saturated heterocycles. The number of hydrogen-bond donors (Lipinski definition) is 0. The van der Waals surface area contributed by atoms with Crippen LogP contribution in [0, 0.1) is 6.92 Å². The van der Waals surface area contributed by atoms with Gasteiger partial charge in [0.15, 0.2) is 5.78 Å². The highest BCUT2D eigenvalue weighted by atomic mass is 16.1. The lowest BCUT2D eigenvalue weighted by molar-refractivity contribution is 0.103. The molecule has 2 aromatic carbocycles. The van der Waals surface area contributed by atoms with E-state index in [1.807, 2.05) is 55.5 Å². The molecule has 0 bridgehead atoms. The number of pyridine rings is 1. The van der Waals surface area contributed by atoms with Crippen LogP contribution in [0.25, 0.3) is 11.1 Å². The van der Waals surface area contributed by atoms with Gasteiger partial charge in [-0.25, -0.2) is 0 Å². The summed E-state index contributed by atoms with van der Waals surface area (Å²) in [4.78, 5) is 16.6. The van der Waals surface area contributed by atoms with Crippen LogP contribution in [0.5, 0.6) is 0 Å². The number of aryl methyl sites for hydroxylation is 1. The lowest BCUT2D eigenvalue weighted by Gasteiger charge is -2.06. The van der Waals surface area contributed by atoms with Crippen molar-refractivity contribution < 1.29 is 4.79 Å². The van der Waals surface area contributed by atoms with Crippen molar-refractivity contribution in [3.05, 3.63) is 89.7 Å². The van der Waals surface area contributed by atoms with E-state index in [9.17, 15) is 4.79 Å². The lowest BCUT2D eigenvalue weighted by atomic mass is 9.99. The van der Waals surface area contributed by atoms with Gasteiger partial charge in [0.2, 0.25) is 0 Å². The molecule has 102 valence electrons. The molecule has 1 heterocycles. The van der Waals surface area contributed by atoms with Crippen molar-refractivity contribution in [3.8, 4) is 11.1 Å². The summed E-state index contributed by atoms with van der Waals surface area (Å²) in [6.45, 7) is 1.85. The van der Waals surface area contributed by atoms with E-state index >= 15 is 0 Å². The van der Waals surface area contributed by atoms with E-state index in [4.69, 9.17) is 0 Å². The number of rotatable bonds is 3. The Kier molecular flexibility index (Phi) is 3.61. The van der Waals surface area contributed by atoms with Crippen molar-refractivity contribution in [1.82, 2.24) is 4.98 Å². The standard InChI is InChI=1S/C19H15NO/c1-14-18(8-5-13-20-14)19(21)17-11-9-16(10-12-17)15-6-3-2-4-7-15/h2-13H,1H3. The zero-order chi connectivity index (χ0) is 14.7. The first-order valence-electron chi connectivity index (χ1n) is 6.87. The first-order valence-corrected chi connectivity index (χ1v) is 6.87. The van der Waals surface area contributed by atoms with Crippen LogP contribution in [0.3, 0.4) is 0 Å². The summed E-state index contributed by atoms with van der Waals surface area (Å²) >= 11 is 0. The molecule has 1 aromatic heterocycles. The summed E-state index contributed by atoms with van der Waals surface area (Å²) in [5.74, 6) is 0.0141. The molecule has 3 rings (SSSR count). The Morgan fingerprint density at radius 2 is 1.48 bits per heavy atom. The topological polar surface area (TPSA) is 30.0 Å². The molecule has 2 heteroatoms. The fourth-order valence-corrected chi connectivity index (χ4v) is 2.32. The highest BCUT2D eigenvalue weighted by molar-refractivity contribution is 6.09. The van der Waals surface area contributed by atoms with Gasteiger partial charge in [0.1, 0.15) is 0 Å². The van der Waals surface area contributed by atoms with Gasteiger partial charge in [0.05, 0.1) is 0 Å². The Morgan fingerprint density at radius 3 is 2.14 bits per heavy atom.